The maximum Gasteiger partial charge on any atom is 0.158 e. The van der Waals surface area contributed by atoms with E-state index in [2.05, 4.69) is 38.5 Å². The van der Waals surface area contributed by atoms with Crippen LogP contribution in [0.25, 0.3) is 10.2 Å². The SMILES string of the molecule is COCC(C)c1cc2c(NN=Cc3nccs3)ncnc2s1. The van der Waals surface area contributed by atoms with Gasteiger partial charge >= 0.3 is 0 Å². The van der Waals surface area contributed by atoms with Crippen molar-refractivity contribution < 1.29 is 4.74 Å². The molecule has 1 atom stereocenters. The zero-order valence-electron chi connectivity index (χ0n) is 12.2. The van der Waals surface area contributed by atoms with E-state index >= 15 is 0 Å². The lowest BCUT2D eigenvalue weighted by Gasteiger charge is -2.05. The summed E-state index contributed by atoms with van der Waals surface area (Å²) in [7, 11) is 1.71. The van der Waals surface area contributed by atoms with Gasteiger partial charge in [-0.15, -0.1) is 22.7 Å². The maximum absolute atomic E-state index is 5.22. The molecular formula is C14H15N5OS2. The van der Waals surface area contributed by atoms with Crippen molar-refractivity contribution in [2.45, 2.75) is 12.8 Å². The Labute approximate surface area is 135 Å². The van der Waals surface area contributed by atoms with Crippen molar-refractivity contribution in [2.75, 3.05) is 19.1 Å². The lowest BCUT2D eigenvalue weighted by Crippen LogP contribution is -1.99. The van der Waals surface area contributed by atoms with Crippen molar-refractivity contribution >= 4 is 44.9 Å². The van der Waals surface area contributed by atoms with E-state index in [0.29, 0.717) is 18.3 Å². The average Bonchev–Trinajstić information content (AvgIpc) is 3.16. The van der Waals surface area contributed by atoms with Gasteiger partial charge in [0.15, 0.2) is 5.82 Å². The molecule has 0 radical (unpaired) electrons. The highest BCUT2D eigenvalue weighted by molar-refractivity contribution is 7.18. The summed E-state index contributed by atoms with van der Waals surface area (Å²) < 4.78 is 5.22. The molecule has 22 heavy (non-hydrogen) atoms. The first-order valence-electron chi connectivity index (χ1n) is 6.70. The molecule has 1 N–H and O–H groups in total. The van der Waals surface area contributed by atoms with E-state index in [1.807, 2.05) is 5.38 Å². The summed E-state index contributed by atoms with van der Waals surface area (Å²) >= 11 is 3.19. The molecule has 3 aromatic heterocycles. The van der Waals surface area contributed by atoms with Crippen molar-refractivity contribution in [3.8, 4) is 0 Å². The normalized spacial score (nSPS) is 13.0. The third-order valence-corrected chi connectivity index (χ3v) is 5.03. The van der Waals surface area contributed by atoms with Crippen molar-refractivity contribution in [2.24, 2.45) is 5.10 Å². The van der Waals surface area contributed by atoms with Crippen molar-refractivity contribution in [1.82, 2.24) is 15.0 Å². The number of fused-ring (bicyclic) bond motifs is 1. The highest BCUT2D eigenvalue weighted by atomic mass is 32.1. The van der Waals surface area contributed by atoms with Gasteiger partial charge in [-0.3, -0.25) is 5.43 Å². The Kier molecular flexibility index (Phi) is 4.71. The van der Waals surface area contributed by atoms with Gasteiger partial charge in [0.05, 0.1) is 18.2 Å². The van der Waals surface area contributed by atoms with Crippen LogP contribution in [0.15, 0.2) is 29.1 Å². The summed E-state index contributed by atoms with van der Waals surface area (Å²) in [6.45, 7) is 2.82. The van der Waals surface area contributed by atoms with Gasteiger partial charge in [-0.25, -0.2) is 15.0 Å². The molecule has 0 aliphatic carbocycles. The molecule has 114 valence electrons. The predicted octanol–water partition coefficient (Wildman–Crippen LogP) is 3.34. The van der Waals surface area contributed by atoms with Crippen LogP contribution in [0.1, 0.15) is 22.7 Å². The largest absolute Gasteiger partial charge is 0.384 e. The van der Waals surface area contributed by atoms with Crippen LogP contribution in [0, 0.1) is 0 Å². The van der Waals surface area contributed by atoms with Crippen LogP contribution in [-0.2, 0) is 4.74 Å². The van der Waals surface area contributed by atoms with Gasteiger partial charge in [-0.1, -0.05) is 6.92 Å². The molecule has 6 nitrogen and oxygen atoms in total. The smallest absolute Gasteiger partial charge is 0.158 e. The van der Waals surface area contributed by atoms with Crippen LogP contribution < -0.4 is 5.43 Å². The second-order valence-corrected chi connectivity index (χ2v) is 6.67. The number of thiazole rings is 1. The third kappa shape index (κ3) is 3.29. The Morgan fingerprint density at radius 2 is 2.32 bits per heavy atom. The fourth-order valence-corrected chi connectivity index (χ4v) is 3.52. The van der Waals surface area contributed by atoms with Gasteiger partial charge < -0.3 is 4.74 Å². The first-order chi connectivity index (χ1) is 10.8. The van der Waals surface area contributed by atoms with Crippen molar-refractivity contribution in [3.05, 3.63) is 33.9 Å². The number of nitrogens with zero attached hydrogens (tertiary/aromatic N) is 4. The van der Waals surface area contributed by atoms with E-state index < -0.39 is 0 Å². The van der Waals surface area contributed by atoms with Crippen LogP contribution >= 0.6 is 22.7 Å². The molecule has 1 unspecified atom stereocenters. The molecule has 3 rings (SSSR count). The monoisotopic (exact) mass is 333 g/mol. The van der Waals surface area contributed by atoms with Crippen LogP contribution in [0.3, 0.4) is 0 Å². The Hall–Kier alpha value is -1.90. The number of methoxy groups -OCH3 is 1. The fraction of sp³-hybridized carbons (Fsp3) is 0.286. The zero-order valence-corrected chi connectivity index (χ0v) is 13.8. The molecule has 0 spiro atoms. The molecule has 0 saturated carbocycles. The van der Waals surface area contributed by atoms with E-state index in [4.69, 9.17) is 4.74 Å². The molecule has 0 aromatic carbocycles. The molecule has 3 aromatic rings. The molecule has 0 aliphatic rings. The lowest BCUT2D eigenvalue weighted by molar-refractivity contribution is 0.185. The van der Waals surface area contributed by atoms with Crippen LogP contribution in [-0.4, -0.2) is 34.9 Å². The number of hydrogen-bond donors (Lipinski definition) is 1. The number of anilines is 1. The Balaban J connectivity index is 1.83. The highest BCUT2D eigenvalue weighted by Crippen LogP contribution is 2.32. The van der Waals surface area contributed by atoms with Gasteiger partial charge in [0.2, 0.25) is 0 Å². The summed E-state index contributed by atoms with van der Waals surface area (Å²) in [6.07, 6.45) is 4.97. The van der Waals surface area contributed by atoms with E-state index in [1.165, 1.54) is 16.2 Å². The van der Waals surface area contributed by atoms with Gasteiger partial charge in [0.1, 0.15) is 16.2 Å². The second kappa shape index (κ2) is 6.91. The maximum atomic E-state index is 5.22. The fourth-order valence-electron chi connectivity index (χ4n) is 1.99. The number of aromatic nitrogens is 3. The minimum atomic E-state index is 0.330. The molecule has 0 aliphatic heterocycles. The molecule has 0 bridgehead atoms. The van der Waals surface area contributed by atoms with E-state index in [9.17, 15) is 0 Å². The average molecular weight is 333 g/mol. The summed E-state index contributed by atoms with van der Waals surface area (Å²) in [4.78, 5) is 14.9. The molecule has 0 amide bonds. The molecule has 0 fully saturated rings. The first kappa shape index (κ1) is 15.0. The lowest BCUT2D eigenvalue weighted by atomic mass is 10.1. The molecule has 3 heterocycles. The zero-order chi connectivity index (χ0) is 15.4. The van der Waals surface area contributed by atoms with Crippen molar-refractivity contribution in [3.63, 3.8) is 0 Å². The van der Waals surface area contributed by atoms with Crippen molar-refractivity contribution in [1.29, 1.82) is 0 Å². The van der Waals surface area contributed by atoms with Gasteiger partial charge in [-0.2, -0.15) is 5.10 Å². The number of hydrazone groups is 1. The quantitative estimate of drug-likeness (QED) is 0.553. The number of hydrogen-bond acceptors (Lipinski definition) is 8. The van der Waals surface area contributed by atoms with Gasteiger partial charge in [0, 0.05) is 29.5 Å². The summed E-state index contributed by atoms with van der Waals surface area (Å²) in [5, 5.41) is 7.92. The van der Waals surface area contributed by atoms with Crippen LogP contribution in [0.5, 0.6) is 0 Å². The molecular weight excluding hydrogens is 318 g/mol. The van der Waals surface area contributed by atoms with Crippen LogP contribution in [0.2, 0.25) is 0 Å². The van der Waals surface area contributed by atoms with E-state index in [0.717, 1.165) is 15.2 Å². The van der Waals surface area contributed by atoms with E-state index in [1.54, 1.807) is 37.2 Å². The number of ether oxygens (including phenoxy) is 1. The molecule has 8 heteroatoms. The summed E-state index contributed by atoms with van der Waals surface area (Å²) in [5.41, 5.74) is 2.97. The topological polar surface area (TPSA) is 72.3 Å². The second-order valence-electron chi connectivity index (χ2n) is 4.69. The summed E-state index contributed by atoms with van der Waals surface area (Å²) in [6, 6.07) is 2.10. The Bertz CT molecular complexity index is 769. The standard InChI is InChI=1S/C14H15N5OS2/c1-9(7-20-2)11-5-10-13(16-8-17-14(10)22-11)19-18-6-12-15-3-4-21-12/h3-6,8-9H,7H2,1-2H3,(H,16,17,19). The Morgan fingerprint density at radius 1 is 1.41 bits per heavy atom. The number of nitrogens with one attached hydrogen (secondary N) is 1. The van der Waals surface area contributed by atoms with Gasteiger partial charge in [-0.05, 0) is 6.07 Å². The Morgan fingerprint density at radius 3 is 3.09 bits per heavy atom. The predicted molar refractivity (Wildman–Crippen MR) is 91.0 cm³/mol. The minimum Gasteiger partial charge on any atom is -0.384 e. The van der Waals surface area contributed by atoms with E-state index in [-0.39, 0.29) is 0 Å². The number of rotatable bonds is 6. The highest BCUT2D eigenvalue weighted by Gasteiger charge is 2.13. The first-order valence-corrected chi connectivity index (χ1v) is 8.39. The minimum absolute atomic E-state index is 0.330. The number of thiophene rings is 1. The van der Waals surface area contributed by atoms with Crippen LogP contribution in [0.4, 0.5) is 5.82 Å². The molecule has 0 saturated heterocycles. The third-order valence-electron chi connectivity index (χ3n) is 3.05. The summed E-state index contributed by atoms with van der Waals surface area (Å²) in [5.74, 6) is 1.03. The van der Waals surface area contributed by atoms with Gasteiger partial charge in [0.25, 0.3) is 0 Å².